The van der Waals surface area contributed by atoms with Crippen LogP contribution in [0.25, 0.3) is 0 Å². The van der Waals surface area contributed by atoms with Gasteiger partial charge in [-0.25, -0.2) is 0 Å². The predicted molar refractivity (Wildman–Crippen MR) is 133 cm³/mol. The van der Waals surface area contributed by atoms with Crippen LogP contribution in [0.15, 0.2) is 25.3 Å². The number of halogens is 1. The van der Waals surface area contributed by atoms with Gasteiger partial charge < -0.3 is 24.5 Å². The number of nitrogens with zero attached hydrogens (tertiary/aromatic N) is 3. The molecular weight excluding hydrogens is 502 g/mol. The molecule has 0 saturated carbocycles. The number of hydrogen-bond acceptors (Lipinski definition) is 5. The van der Waals surface area contributed by atoms with Crippen LogP contribution in [0.2, 0.25) is 0 Å². The molecule has 3 amide bonds. The Bertz CT molecular complexity index is 820. The highest BCUT2D eigenvalue weighted by Crippen LogP contribution is 2.60. The van der Waals surface area contributed by atoms with E-state index in [0.717, 1.165) is 6.42 Å². The minimum atomic E-state index is -1.05. The van der Waals surface area contributed by atoms with Crippen LogP contribution in [0.3, 0.4) is 0 Å². The predicted octanol–water partition coefficient (Wildman–Crippen LogP) is 1.96. The molecule has 8 nitrogen and oxygen atoms in total. The van der Waals surface area contributed by atoms with Crippen LogP contribution in [0, 0.1) is 11.8 Å². The van der Waals surface area contributed by atoms with Crippen molar-refractivity contribution in [1.82, 2.24) is 14.7 Å². The maximum absolute atomic E-state index is 14.0. The average molecular weight is 540 g/mol. The molecule has 1 N–H and O–H groups in total. The minimum absolute atomic E-state index is 0.0817. The van der Waals surface area contributed by atoms with E-state index in [-0.39, 0.29) is 35.2 Å². The van der Waals surface area contributed by atoms with E-state index in [0.29, 0.717) is 38.9 Å². The van der Waals surface area contributed by atoms with E-state index in [1.54, 1.807) is 33.9 Å². The van der Waals surface area contributed by atoms with Crippen LogP contribution in [0.1, 0.15) is 39.5 Å². The molecule has 9 heteroatoms. The number of carbonyl (C=O) groups is 3. The second kappa shape index (κ2) is 10.9. The van der Waals surface area contributed by atoms with Crippen LogP contribution in [0.4, 0.5) is 0 Å². The first-order valence-corrected chi connectivity index (χ1v) is 13.1. The molecule has 3 aliphatic rings. The fourth-order valence-electron chi connectivity index (χ4n) is 5.89. The number of likely N-dealkylation sites (tertiary alicyclic amines) is 1. The first-order chi connectivity index (χ1) is 16.2. The average Bonchev–Trinajstić information content (AvgIpc) is 3.37. The number of hydrogen-bond donors (Lipinski definition) is 1. The van der Waals surface area contributed by atoms with E-state index in [1.165, 1.54) is 0 Å². The monoisotopic (exact) mass is 539 g/mol. The molecule has 3 aliphatic heterocycles. The summed E-state index contributed by atoms with van der Waals surface area (Å²) in [6, 6.07) is -0.879. The Morgan fingerprint density at radius 1 is 1.24 bits per heavy atom. The highest BCUT2D eigenvalue weighted by molar-refractivity contribution is 9.09. The summed E-state index contributed by atoms with van der Waals surface area (Å²) in [7, 11) is 1.70. The first kappa shape index (κ1) is 26.9. The smallest absolute Gasteiger partial charge is 0.248 e. The Morgan fingerprint density at radius 2 is 1.91 bits per heavy atom. The number of amides is 3. The van der Waals surface area contributed by atoms with E-state index in [9.17, 15) is 14.4 Å². The van der Waals surface area contributed by atoms with Crippen LogP contribution >= 0.6 is 15.9 Å². The van der Waals surface area contributed by atoms with Crippen molar-refractivity contribution in [2.75, 3.05) is 33.3 Å². The number of ether oxygens (including phenoxy) is 1. The van der Waals surface area contributed by atoms with Crippen molar-refractivity contribution in [2.45, 2.75) is 68.1 Å². The third kappa shape index (κ3) is 4.46. The Balaban J connectivity index is 2.02. The summed E-state index contributed by atoms with van der Waals surface area (Å²) in [5.41, 5.74) is -1.05. The lowest BCUT2D eigenvalue weighted by atomic mass is 9.70. The summed E-state index contributed by atoms with van der Waals surface area (Å²) >= 11 is 3.70. The van der Waals surface area contributed by atoms with E-state index in [4.69, 9.17) is 9.84 Å². The van der Waals surface area contributed by atoms with Crippen molar-refractivity contribution in [1.29, 1.82) is 0 Å². The summed E-state index contributed by atoms with van der Waals surface area (Å²) < 4.78 is 6.53. The Kier molecular flexibility index (Phi) is 8.63. The minimum Gasteiger partial charge on any atom is -0.396 e. The molecule has 3 rings (SSSR count). The van der Waals surface area contributed by atoms with Crippen molar-refractivity contribution in [3.63, 3.8) is 0 Å². The molecular formula is C25H38BrN3O5. The van der Waals surface area contributed by atoms with Gasteiger partial charge in [0.15, 0.2) is 0 Å². The maximum atomic E-state index is 14.0. The summed E-state index contributed by atoms with van der Waals surface area (Å²) in [6.45, 7) is 12.6. The van der Waals surface area contributed by atoms with Gasteiger partial charge in [0.2, 0.25) is 17.7 Å². The zero-order valence-electron chi connectivity index (χ0n) is 20.5. The molecule has 3 saturated heterocycles. The molecule has 0 aliphatic carbocycles. The van der Waals surface area contributed by atoms with Crippen molar-refractivity contribution in [3.05, 3.63) is 25.3 Å². The molecule has 3 fully saturated rings. The van der Waals surface area contributed by atoms with E-state index < -0.39 is 29.6 Å². The lowest BCUT2D eigenvalue weighted by Gasteiger charge is -2.38. The fraction of sp³-hybridized carbons (Fsp3) is 0.720. The lowest BCUT2D eigenvalue weighted by Crippen LogP contribution is -2.58. The van der Waals surface area contributed by atoms with Gasteiger partial charge in [-0.3, -0.25) is 14.4 Å². The number of unbranched alkanes of at least 4 members (excludes halogenated alkanes) is 2. The van der Waals surface area contributed by atoms with Crippen LogP contribution < -0.4 is 0 Å². The molecule has 34 heavy (non-hydrogen) atoms. The summed E-state index contributed by atoms with van der Waals surface area (Å²) in [5.74, 6) is -1.86. The van der Waals surface area contributed by atoms with Gasteiger partial charge in [0.05, 0.1) is 17.9 Å². The quantitative estimate of drug-likeness (QED) is 0.232. The van der Waals surface area contributed by atoms with Gasteiger partial charge in [0.1, 0.15) is 11.6 Å². The molecule has 6 atom stereocenters. The largest absolute Gasteiger partial charge is 0.396 e. The topological polar surface area (TPSA) is 90.4 Å². The van der Waals surface area contributed by atoms with Gasteiger partial charge in [0.25, 0.3) is 0 Å². The van der Waals surface area contributed by atoms with Gasteiger partial charge in [0, 0.05) is 44.2 Å². The molecule has 190 valence electrons. The van der Waals surface area contributed by atoms with Gasteiger partial charge in [-0.15, -0.1) is 13.2 Å². The zero-order chi connectivity index (χ0) is 25.2. The number of likely N-dealkylation sites (N-methyl/N-ethyl adjacent to an activating group) is 1. The summed E-state index contributed by atoms with van der Waals surface area (Å²) in [5, 5.41) is 9.15. The first-order valence-electron chi connectivity index (χ1n) is 12.2. The molecule has 1 spiro atoms. The van der Waals surface area contributed by atoms with E-state index in [2.05, 4.69) is 29.1 Å². The molecule has 0 aromatic carbocycles. The van der Waals surface area contributed by atoms with Crippen LogP contribution in [-0.4, -0.2) is 99.4 Å². The van der Waals surface area contributed by atoms with Crippen molar-refractivity contribution in [2.24, 2.45) is 11.8 Å². The molecule has 0 aromatic rings. The number of aliphatic hydroxyl groups is 1. The Labute approximate surface area is 211 Å². The molecule has 0 aromatic heterocycles. The second-order valence-electron chi connectivity index (χ2n) is 9.86. The Morgan fingerprint density at radius 3 is 2.50 bits per heavy atom. The van der Waals surface area contributed by atoms with Crippen molar-refractivity contribution >= 4 is 33.7 Å². The normalized spacial score (nSPS) is 31.6. The van der Waals surface area contributed by atoms with Crippen LogP contribution in [0.5, 0.6) is 0 Å². The van der Waals surface area contributed by atoms with E-state index in [1.807, 2.05) is 13.8 Å². The number of fused-ring (bicyclic) bond motifs is 1. The number of rotatable bonds is 12. The molecule has 3 unspecified atom stereocenters. The van der Waals surface area contributed by atoms with Crippen LogP contribution in [-0.2, 0) is 19.1 Å². The summed E-state index contributed by atoms with van der Waals surface area (Å²) in [6.07, 6.45) is 5.41. The van der Waals surface area contributed by atoms with Gasteiger partial charge in [-0.05, 0) is 39.5 Å². The third-order valence-corrected chi connectivity index (χ3v) is 8.22. The SMILES string of the molecule is C=CCN(C)C(=O)[C@H]1[C@H]2C(=O)N(CCCCCO)C(C(=O)N(CC=C)C(C)C)C23CC(Br)[C@@H]1O3. The number of carbonyl (C=O) groups excluding carboxylic acids is 3. The van der Waals surface area contributed by atoms with Gasteiger partial charge >= 0.3 is 0 Å². The molecule has 0 radical (unpaired) electrons. The fourth-order valence-corrected chi connectivity index (χ4v) is 6.83. The maximum Gasteiger partial charge on any atom is 0.248 e. The molecule has 3 heterocycles. The van der Waals surface area contributed by atoms with Gasteiger partial charge in [-0.2, -0.15) is 0 Å². The lowest BCUT2D eigenvalue weighted by molar-refractivity contribution is -0.149. The highest BCUT2D eigenvalue weighted by atomic mass is 79.9. The standard InChI is InChI=1S/C25H38BrN3O5/c1-6-11-27(5)22(31)18-19-23(32)29(13-9-8-10-14-30)21(24(33)28(12-7-2)16(3)4)25(19)15-17(26)20(18)34-25/h6-7,16-21,30H,1-2,8-15H2,3-5H3/t17?,18-,19-,20-,21?,25?/m0/s1. The second-order valence-corrected chi connectivity index (χ2v) is 11.0. The van der Waals surface area contributed by atoms with E-state index >= 15 is 0 Å². The van der Waals surface area contributed by atoms with Crippen molar-refractivity contribution in [3.8, 4) is 0 Å². The third-order valence-electron chi connectivity index (χ3n) is 7.38. The summed E-state index contributed by atoms with van der Waals surface area (Å²) in [4.78, 5) is 46.2. The number of alkyl halides is 1. The van der Waals surface area contributed by atoms with Crippen molar-refractivity contribution < 1.29 is 24.2 Å². The highest BCUT2D eigenvalue weighted by Gasteiger charge is 2.76. The molecule has 2 bridgehead atoms. The zero-order valence-corrected chi connectivity index (χ0v) is 22.1. The number of aliphatic hydroxyl groups excluding tert-OH is 1. The van der Waals surface area contributed by atoms with Gasteiger partial charge in [-0.1, -0.05) is 28.1 Å². The Hall–Kier alpha value is -1.71.